The van der Waals surface area contributed by atoms with E-state index in [0.29, 0.717) is 6.61 Å². The summed E-state index contributed by atoms with van der Waals surface area (Å²) in [6.45, 7) is 2.18. The summed E-state index contributed by atoms with van der Waals surface area (Å²) < 4.78 is 21.3. The molecule has 0 bridgehead atoms. The Bertz CT molecular complexity index is 506. The number of ether oxygens (including phenoxy) is 4. The summed E-state index contributed by atoms with van der Waals surface area (Å²) in [7, 11) is 1.60. The third kappa shape index (κ3) is 5.35. The molecule has 4 N–H and O–H groups in total. The van der Waals surface area contributed by atoms with E-state index in [1.54, 1.807) is 7.11 Å². The molecule has 0 amide bonds. The van der Waals surface area contributed by atoms with Gasteiger partial charge in [-0.3, -0.25) is 0 Å². The summed E-state index contributed by atoms with van der Waals surface area (Å²) in [5.74, 6) is 0.768. The maximum Gasteiger partial charge on any atom is 0.186 e. The highest BCUT2D eigenvalue weighted by Crippen LogP contribution is 2.24. The molecule has 1 heterocycles. The lowest BCUT2D eigenvalue weighted by molar-refractivity contribution is -0.310. The second kappa shape index (κ2) is 9.44. The molecular weight excluding hydrogens is 332 g/mol. The second-order valence-electron chi connectivity index (χ2n) is 5.95. The lowest BCUT2D eigenvalue weighted by Crippen LogP contribution is -2.60. The van der Waals surface area contributed by atoms with Crippen molar-refractivity contribution in [1.82, 2.24) is 0 Å². The molecule has 8 heteroatoms. The van der Waals surface area contributed by atoms with Crippen LogP contribution in [0.15, 0.2) is 24.3 Å². The monoisotopic (exact) mass is 358 g/mol. The SMILES string of the molecule is COc1ccc(COCCO[C@@H]2O[C@H]([C@H](C)O)[C@@H](O)[C@H](O)[C@H]2O)cc1. The fourth-order valence-electron chi connectivity index (χ4n) is 2.55. The first-order valence-electron chi connectivity index (χ1n) is 8.14. The minimum Gasteiger partial charge on any atom is -0.497 e. The van der Waals surface area contributed by atoms with Gasteiger partial charge in [0.25, 0.3) is 0 Å². The van der Waals surface area contributed by atoms with Crippen LogP contribution in [0.5, 0.6) is 5.75 Å². The Kier molecular flexibility index (Phi) is 7.57. The molecule has 0 aliphatic carbocycles. The van der Waals surface area contributed by atoms with Crippen molar-refractivity contribution < 1.29 is 39.4 Å². The Morgan fingerprint density at radius 1 is 1.04 bits per heavy atom. The zero-order chi connectivity index (χ0) is 18.4. The summed E-state index contributed by atoms with van der Waals surface area (Å²) >= 11 is 0. The normalized spacial score (nSPS) is 30.9. The van der Waals surface area contributed by atoms with Crippen molar-refractivity contribution in [1.29, 1.82) is 0 Å². The van der Waals surface area contributed by atoms with Gasteiger partial charge in [-0.05, 0) is 24.6 Å². The molecular formula is C17H26O8. The number of hydrogen-bond acceptors (Lipinski definition) is 8. The Morgan fingerprint density at radius 2 is 1.72 bits per heavy atom. The second-order valence-corrected chi connectivity index (χ2v) is 5.95. The molecule has 2 rings (SSSR count). The maximum atomic E-state index is 9.90. The van der Waals surface area contributed by atoms with Gasteiger partial charge in [0, 0.05) is 0 Å². The summed E-state index contributed by atoms with van der Waals surface area (Å²) in [5, 5.41) is 39.1. The van der Waals surface area contributed by atoms with Gasteiger partial charge in [0.15, 0.2) is 6.29 Å². The maximum absolute atomic E-state index is 9.90. The summed E-state index contributed by atoms with van der Waals surface area (Å²) in [5.41, 5.74) is 0.975. The smallest absolute Gasteiger partial charge is 0.186 e. The number of aliphatic hydroxyl groups is 4. The summed E-state index contributed by atoms with van der Waals surface area (Å²) in [6.07, 6.45) is -7.47. The van der Waals surface area contributed by atoms with E-state index in [1.165, 1.54) is 6.92 Å². The van der Waals surface area contributed by atoms with Crippen LogP contribution < -0.4 is 4.74 Å². The minimum absolute atomic E-state index is 0.118. The molecule has 0 saturated carbocycles. The van der Waals surface area contributed by atoms with Gasteiger partial charge in [-0.15, -0.1) is 0 Å². The van der Waals surface area contributed by atoms with Crippen molar-refractivity contribution in [2.45, 2.75) is 50.3 Å². The van der Waals surface area contributed by atoms with Gasteiger partial charge in [-0.25, -0.2) is 0 Å². The first-order valence-corrected chi connectivity index (χ1v) is 8.14. The van der Waals surface area contributed by atoms with Crippen LogP contribution in [0, 0.1) is 0 Å². The van der Waals surface area contributed by atoms with Crippen molar-refractivity contribution in [2.24, 2.45) is 0 Å². The third-order valence-corrected chi connectivity index (χ3v) is 4.02. The van der Waals surface area contributed by atoms with Crippen LogP contribution in [0.25, 0.3) is 0 Å². The average Bonchev–Trinajstić information content (AvgIpc) is 2.61. The Hall–Kier alpha value is -1.26. The van der Waals surface area contributed by atoms with Crippen LogP contribution in [0.3, 0.4) is 0 Å². The number of hydrogen-bond donors (Lipinski definition) is 4. The molecule has 0 radical (unpaired) electrons. The average molecular weight is 358 g/mol. The van der Waals surface area contributed by atoms with Crippen LogP contribution in [-0.4, -0.2) is 77.6 Å². The predicted molar refractivity (Wildman–Crippen MR) is 87.0 cm³/mol. The van der Waals surface area contributed by atoms with Gasteiger partial charge in [-0.2, -0.15) is 0 Å². The van der Waals surface area contributed by atoms with Crippen LogP contribution in [0.1, 0.15) is 12.5 Å². The zero-order valence-electron chi connectivity index (χ0n) is 14.3. The van der Waals surface area contributed by atoms with Crippen molar-refractivity contribution >= 4 is 0 Å². The molecule has 25 heavy (non-hydrogen) atoms. The van der Waals surface area contributed by atoms with E-state index in [2.05, 4.69) is 0 Å². The summed E-state index contributed by atoms with van der Waals surface area (Å²) in [4.78, 5) is 0. The quantitative estimate of drug-likeness (QED) is 0.456. The molecule has 0 aromatic heterocycles. The van der Waals surface area contributed by atoms with E-state index >= 15 is 0 Å². The van der Waals surface area contributed by atoms with Gasteiger partial charge in [0.05, 0.1) is 33.0 Å². The molecule has 8 nitrogen and oxygen atoms in total. The molecule has 1 aromatic carbocycles. The predicted octanol–water partition coefficient (Wildman–Crippen LogP) is -0.583. The molecule has 142 valence electrons. The largest absolute Gasteiger partial charge is 0.497 e. The van der Waals surface area contributed by atoms with Crippen molar-refractivity contribution in [2.75, 3.05) is 20.3 Å². The molecule has 1 fully saturated rings. The summed E-state index contributed by atoms with van der Waals surface area (Å²) in [6, 6.07) is 7.45. The number of rotatable bonds is 8. The number of benzene rings is 1. The van der Waals surface area contributed by atoms with Crippen molar-refractivity contribution in [3.05, 3.63) is 29.8 Å². The number of aliphatic hydroxyl groups excluding tert-OH is 4. The van der Waals surface area contributed by atoms with Crippen molar-refractivity contribution in [3.8, 4) is 5.75 Å². The van der Waals surface area contributed by atoms with Gasteiger partial charge in [-0.1, -0.05) is 12.1 Å². The number of methoxy groups -OCH3 is 1. The Labute approximate surface area is 146 Å². The van der Waals surface area contributed by atoms with E-state index in [-0.39, 0.29) is 13.2 Å². The molecule has 1 saturated heterocycles. The van der Waals surface area contributed by atoms with E-state index < -0.39 is 36.8 Å². The lowest BCUT2D eigenvalue weighted by atomic mass is 9.96. The third-order valence-electron chi connectivity index (χ3n) is 4.02. The van der Waals surface area contributed by atoms with Crippen LogP contribution in [0.4, 0.5) is 0 Å². The highest BCUT2D eigenvalue weighted by Gasteiger charge is 2.45. The van der Waals surface area contributed by atoms with E-state index in [4.69, 9.17) is 18.9 Å². The van der Waals surface area contributed by atoms with Crippen LogP contribution >= 0.6 is 0 Å². The molecule has 0 unspecified atom stereocenters. The fraction of sp³-hybridized carbons (Fsp3) is 0.647. The van der Waals surface area contributed by atoms with Crippen LogP contribution in [0.2, 0.25) is 0 Å². The fourth-order valence-corrected chi connectivity index (χ4v) is 2.55. The topological polar surface area (TPSA) is 118 Å². The lowest BCUT2D eigenvalue weighted by Gasteiger charge is -2.41. The molecule has 1 aliphatic rings. The Morgan fingerprint density at radius 3 is 2.32 bits per heavy atom. The van der Waals surface area contributed by atoms with E-state index in [9.17, 15) is 20.4 Å². The van der Waals surface area contributed by atoms with Gasteiger partial charge in [0.2, 0.25) is 0 Å². The van der Waals surface area contributed by atoms with Crippen LogP contribution in [-0.2, 0) is 20.8 Å². The van der Waals surface area contributed by atoms with Crippen molar-refractivity contribution in [3.63, 3.8) is 0 Å². The first-order chi connectivity index (χ1) is 11.9. The molecule has 1 aliphatic heterocycles. The zero-order valence-corrected chi connectivity index (χ0v) is 14.3. The van der Waals surface area contributed by atoms with E-state index in [1.807, 2.05) is 24.3 Å². The first kappa shape index (κ1) is 20.1. The Balaban J connectivity index is 1.72. The molecule has 1 aromatic rings. The highest BCUT2D eigenvalue weighted by molar-refractivity contribution is 5.26. The van der Waals surface area contributed by atoms with E-state index in [0.717, 1.165) is 11.3 Å². The van der Waals surface area contributed by atoms with Gasteiger partial charge in [0.1, 0.15) is 30.2 Å². The standard InChI is InChI=1S/C17H26O8/c1-10(18)16-14(20)13(19)15(21)17(25-16)24-8-7-23-9-11-3-5-12(22-2)6-4-11/h3-6,10,13-21H,7-9H2,1-2H3/t10-,13-,14-,15+,16+,17+/m0/s1. The molecule has 6 atom stereocenters. The molecule has 0 spiro atoms. The van der Waals surface area contributed by atoms with Gasteiger partial charge >= 0.3 is 0 Å². The van der Waals surface area contributed by atoms with Gasteiger partial charge < -0.3 is 39.4 Å². The highest BCUT2D eigenvalue weighted by atomic mass is 16.7. The minimum atomic E-state index is -1.46.